The fourth-order valence-electron chi connectivity index (χ4n) is 2.06. The van der Waals surface area contributed by atoms with Crippen molar-refractivity contribution in [1.29, 1.82) is 0 Å². The molecule has 0 aromatic heterocycles. The zero-order valence-corrected chi connectivity index (χ0v) is 13.4. The Morgan fingerprint density at radius 2 is 1.95 bits per heavy atom. The van der Waals surface area contributed by atoms with Gasteiger partial charge in [-0.3, -0.25) is 4.79 Å². The van der Waals surface area contributed by atoms with Gasteiger partial charge in [0.15, 0.2) is 0 Å². The Bertz CT molecular complexity index is 601. The molecule has 0 saturated carbocycles. The lowest BCUT2D eigenvalue weighted by molar-refractivity contribution is -0.117. The number of anilines is 1. The van der Waals surface area contributed by atoms with E-state index < -0.39 is 0 Å². The first kappa shape index (κ1) is 15.1. The minimum Gasteiger partial charge on any atom is -0.326 e. The van der Waals surface area contributed by atoms with Crippen molar-refractivity contribution in [3.05, 3.63) is 63.6 Å². The lowest BCUT2D eigenvalue weighted by Gasteiger charge is -2.15. The van der Waals surface area contributed by atoms with Crippen molar-refractivity contribution < 1.29 is 4.79 Å². The highest BCUT2D eigenvalue weighted by Gasteiger charge is 2.18. The van der Waals surface area contributed by atoms with Gasteiger partial charge in [-0.2, -0.15) is 0 Å². The summed E-state index contributed by atoms with van der Waals surface area (Å²) < 4.78 is 0.812. The van der Waals surface area contributed by atoms with Crippen molar-refractivity contribution in [2.75, 3.05) is 5.32 Å². The van der Waals surface area contributed by atoms with Crippen LogP contribution in [-0.4, -0.2) is 5.91 Å². The standard InChI is InChI=1S/C16H15BrClNO/c1-2-13(11-6-4-3-5-7-11)16(20)19-12-8-9-14(17)15(18)10-12/h3-10,13H,2H2,1H3,(H,19,20). The van der Waals surface area contributed by atoms with Crippen LogP contribution in [0.15, 0.2) is 53.0 Å². The van der Waals surface area contributed by atoms with Gasteiger partial charge in [0.2, 0.25) is 5.91 Å². The minimum atomic E-state index is -0.154. The molecule has 2 rings (SSSR count). The third-order valence-electron chi connectivity index (χ3n) is 3.11. The molecule has 0 aliphatic carbocycles. The maximum absolute atomic E-state index is 12.4. The molecule has 2 aromatic carbocycles. The molecule has 1 unspecified atom stereocenters. The zero-order chi connectivity index (χ0) is 14.5. The zero-order valence-electron chi connectivity index (χ0n) is 11.1. The molecule has 0 spiro atoms. The smallest absolute Gasteiger partial charge is 0.231 e. The molecule has 4 heteroatoms. The Kier molecular flexibility index (Phi) is 5.21. The SMILES string of the molecule is CCC(C(=O)Nc1ccc(Br)c(Cl)c1)c1ccccc1. The summed E-state index contributed by atoms with van der Waals surface area (Å²) in [6.45, 7) is 2.01. The number of carbonyl (C=O) groups excluding carboxylic acids is 1. The second-order valence-corrected chi connectivity index (χ2v) is 5.75. The maximum atomic E-state index is 12.4. The van der Waals surface area contributed by atoms with Gasteiger partial charge in [0.25, 0.3) is 0 Å². The summed E-state index contributed by atoms with van der Waals surface area (Å²) in [5.41, 5.74) is 1.73. The van der Waals surface area contributed by atoms with Crippen molar-refractivity contribution in [2.24, 2.45) is 0 Å². The number of hydrogen-bond donors (Lipinski definition) is 1. The van der Waals surface area contributed by atoms with Crippen LogP contribution in [0.1, 0.15) is 24.8 Å². The van der Waals surface area contributed by atoms with Crippen LogP contribution in [0.25, 0.3) is 0 Å². The van der Waals surface area contributed by atoms with Crippen LogP contribution in [-0.2, 0) is 4.79 Å². The van der Waals surface area contributed by atoms with Gasteiger partial charge in [-0.25, -0.2) is 0 Å². The number of hydrogen-bond acceptors (Lipinski definition) is 1. The van der Waals surface area contributed by atoms with E-state index in [9.17, 15) is 4.79 Å². The van der Waals surface area contributed by atoms with Crippen LogP contribution in [0.3, 0.4) is 0 Å². The third kappa shape index (κ3) is 3.62. The van der Waals surface area contributed by atoms with Gasteiger partial charge < -0.3 is 5.32 Å². The summed E-state index contributed by atoms with van der Waals surface area (Å²) in [5.74, 6) is -0.171. The Labute approximate surface area is 132 Å². The largest absolute Gasteiger partial charge is 0.326 e. The molecule has 0 bridgehead atoms. The van der Waals surface area contributed by atoms with Crippen LogP contribution in [0.4, 0.5) is 5.69 Å². The Balaban J connectivity index is 2.15. The number of rotatable bonds is 4. The van der Waals surface area contributed by atoms with E-state index in [1.807, 2.05) is 49.4 Å². The molecule has 0 saturated heterocycles. The summed E-state index contributed by atoms with van der Waals surface area (Å²) in [6.07, 6.45) is 0.750. The van der Waals surface area contributed by atoms with Gasteiger partial charge in [-0.1, -0.05) is 48.9 Å². The van der Waals surface area contributed by atoms with Crippen molar-refractivity contribution in [1.82, 2.24) is 0 Å². The molecule has 0 fully saturated rings. The van der Waals surface area contributed by atoms with Crippen LogP contribution >= 0.6 is 27.5 Å². The first-order valence-corrected chi connectivity index (χ1v) is 7.59. The summed E-state index contributed by atoms with van der Waals surface area (Å²) in [6, 6.07) is 15.2. The highest BCUT2D eigenvalue weighted by Crippen LogP contribution is 2.27. The van der Waals surface area contributed by atoms with E-state index >= 15 is 0 Å². The summed E-state index contributed by atoms with van der Waals surface area (Å²) in [4.78, 5) is 12.4. The van der Waals surface area contributed by atoms with E-state index in [1.54, 1.807) is 6.07 Å². The van der Waals surface area contributed by atoms with E-state index in [1.165, 1.54) is 0 Å². The molecule has 104 valence electrons. The minimum absolute atomic E-state index is 0.0166. The van der Waals surface area contributed by atoms with E-state index in [-0.39, 0.29) is 11.8 Å². The Morgan fingerprint density at radius 3 is 2.55 bits per heavy atom. The van der Waals surface area contributed by atoms with Crippen LogP contribution in [0, 0.1) is 0 Å². The first-order chi connectivity index (χ1) is 9.61. The van der Waals surface area contributed by atoms with Crippen LogP contribution in [0.2, 0.25) is 5.02 Å². The molecule has 1 amide bonds. The van der Waals surface area contributed by atoms with Gasteiger partial charge >= 0.3 is 0 Å². The monoisotopic (exact) mass is 351 g/mol. The van der Waals surface area contributed by atoms with Crippen molar-refractivity contribution in [3.8, 4) is 0 Å². The number of benzene rings is 2. The van der Waals surface area contributed by atoms with Crippen LogP contribution < -0.4 is 5.32 Å². The summed E-state index contributed by atoms with van der Waals surface area (Å²) in [5, 5.41) is 3.49. The number of nitrogens with one attached hydrogen (secondary N) is 1. The average Bonchev–Trinajstić information content (AvgIpc) is 2.45. The molecular formula is C16H15BrClNO. The van der Waals surface area contributed by atoms with Gasteiger partial charge in [-0.05, 0) is 46.1 Å². The molecule has 1 atom stereocenters. The Hall–Kier alpha value is -1.32. The second-order valence-electron chi connectivity index (χ2n) is 4.49. The molecule has 0 aliphatic heterocycles. The van der Waals surface area contributed by atoms with E-state index in [0.29, 0.717) is 10.7 Å². The average molecular weight is 353 g/mol. The molecule has 0 heterocycles. The van der Waals surface area contributed by atoms with Crippen molar-refractivity contribution in [2.45, 2.75) is 19.3 Å². The molecule has 0 aliphatic rings. The van der Waals surface area contributed by atoms with Crippen molar-refractivity contribution in [3.63, 3.8) is 0 Å². The number of amides is 1. The molecule has 1 N–H and O–H groups in total. The second kappa shape index (κ2) is 6.91. The van der Waals surface area contributed by atoms with Crippen LogP contribution in [0.5, 0.6) is 0 Å². The first-order valence-electron chi connectivity index (χ1n) is 6.42. The summed E-state index contributed by atoms with van der Waals surface area (Å²) >= 11 is 9.36. The molecule has 20 heavy (non-hydrogen) atoms. The van der Waals surface area contributed by atoms with Crippen molar-refractivity contribution >= 4 is 39.1 Å². The normalized spacial score (nSPS) is 11.9. The van der Waals surface area contributed by atoms with E-state index in [0.717, 1.165) is 16.5 Å². The van der Waals surface area contributed by atoms with Gasteiger partial charge in [0.1, 0.15) is 0 Å². The Morgan fingerprint density at radius 1 is 1.25 bits per heavy atom. The summed E-state index contributed by atoms with van der Waals surface area (Å²) in [7, 11) is 0. The molecular weight excluding hydrogens is 338 g/mol. The van der Waals surface area contributed by atoms with E-state index in [4.69, 9.17) is 11.6 Å². The highest BCUT2D eigenvalue weighted by molar-refractivity contribution is 9.10. The highest BCUT2D eigenvalue weighted by atomic mass is 79.9. The number of halogens is 2. The molecule has 2 aromatic rings. The molecule has 2 nitrogen and oxygen atoms in total. The van der Waals surface area contributed by atoms with Gasteiger partial charge in [0.05, 0.1) is 10.9 Å². The fourth-order valence-corrected chi connectivity index (χ4v) is 2.49. The predicted octanol–water partition coefficient (Wildman–Crippen LogP) is 5.23. The topological polar surface area (TPSA) is 29.1 Å². The number of carbonyl (C=O) groups is 1. The lowest BCUT2D eigenvalue weighted by atomic mass is 9.95. The molecule has 0 radical (unpaired) electrons. The van der Waals surface area contributed by atoms with E-state index in [2.05, 4.69) is 21.2 Å². The third-order valence-corrected chi connectivity index (χ3v) is 4.35. The maximum Gasteiger partial charge on any atom is 0.231 e. The lowest BCUT2D eigenvalue weighted by Crippen LogP contribution is -2.20. The van der Waals surface area contributed by atoms with Gasteiger partial charge in [-0.15, -0.1) is 0 Å². The predicted molar refractivity (Wildman–Crippen MR) is 87.3 cm³/mol. The van der Waals surface area contributed by atoms with Gasteiger partial charge in [0, 0.05) is 10.2 Å². The fraction of sp³-hybridized carbons (Fsp3) is 0.188. The quantitative estimate of drug-likeness (QED) is 0.801.